The number of allylic oxidation sites excluding steroid dienone is 4. The number of nitrogens with one attached hydrogen (secondary N) is 1. The molecule has 0 radical (unpaired) electrons. The van der Waals surface area contributed by atoms with E-state index in [0.717, 1.165) is 77.0 Å². The van der Waals surface area contributed by atoms with Crippen LogP contribution >= 0.6 is 0 Å². The molecule has 0 saturated carbocycles. The van der Waals surface area contributed by atoms with Crippen molar-refractivity contribution in [3.63, 3.8) is 0 Å². The molecule has 3 N–H and O–H groups in total. The molecule has 6 nitrogen and oxygen atoms in total. The van der Waals surface area contributed by atoms with E-state index in [1.165, 1.54) is 161 Å². The second-order valence-electron chi connectivity index (χ2n) is 17.5. The Labute approximate surface area is 361 Å². The molecule has 0 fully saturated rings. The summed E-state index contributed by atoms with van der Waals surface area (Å²) < 4.78 is 5.43. The lowest BCUT2D eigenvalue weighted by molar-refractivity contribution is -0.143. The van der Waals surface area contributed by atoms with Gasteiger partial charge in [-0.05, 0) is 77.0 Å². The van der Waals surface area contributed by atoms with E-state index >= 15 is 0 Å². The summed E-state index contributed by atoms with van der Waals surface area (Å²) in [5.74, 6) is -0.115. The van der Waals surface area contributed by atoms with Gasteiger partial charge in [0.15, 0.2) is 0 Å². The van der Waals surface area contributed by atoms with Gasteiger partial charge < -0.3 is 20.3 Å². The van der Waals surface area contributed by atoms with Crippen LogP contribution in [0, 0.1) is 0 Å². The topological polar surface area (TPSA) is 95.9 Å². The van der Waals surface area contributed by atoms with Crippen molar-refractivity contribution >= 4 is 11.9 Å². The Bertz CT molecular complexity index is 904. The number of hydrogen-bond acceptors (Lipinski definition) is 5. The molecule has 0 aromatic rings. The molecule has 0 saturated heterocycles. The molecule has 342 valence electrons. The summed E-state index contributed by atoms with van der Waals surface area (Å²) in [5.41, 5.74) is 0. The molecule has 6 heteroatoms. The van der Waals surface area contributed by atoms with Crippen LogP contribution in [0.1, 0.15) is 271 Å². The fraction of sp³-hybridized carbons (Fsp3) is 0.885. The van der Waals surface area contributed by atoms with E-state index in [0.29, 0.717) is 25.9 Å². The molecule has 1 amide bonds. The molecule has 0 aliphatic carbocycles. The minimum atomic E-state index is -0.686. The maximum Gasteiger partial charge on any atom is 0.305 e. The summed E-state index contributed by atoms with van der Waals surface area (Å²) in [7, 11) is 0. The largest absolute Gasteiger partial charge is 0.466 e. The van der Waals surface area contributed by atoms with Crippen molar-refractivity contribution in [1.82, 2.24) is 5.32 Å². The van der Waals surface area contributed by atoms with Crippen LogP contribution in [-0.4, -0.2) is 47.4 Å². The minimum Gasteiger partial charge on any atom is -0.466 e. The molecule has 0 aromatic heterocycles. The van der Waals surface area contributed by atoms with Gasteiger partial charge in [-0.1, -0.05) is 205 Å². The number of aliphatic hydroxyl groups excluding tert-OH is 2. The first-order valence-corrected chi connectivity index (χ1v) is 25.6. The highest BCUT2D eigenvalue weighted by Crippen LogP contribution is 2.16. The number of unbranched alkanes of at least 4 members (excludes halogenated alkanes) is 32. The molecular formula is C52H99NO5. The highest BCUT2D eigenvalue weighted by atomic mass is 16.5. The molecule has 0 bridgehead atoms. The molecule has 0 aliphatic rings. The number of rotatable bonds is 47. The Morgan fingerprint density at radius 3 is 1.22 bits per heavy atom. The Morgan fingerprint density at radius 1 is 0.466 bits per heavy atom. The second-order valence-corrected chi connectivity index (χ2v) is 17.5. The van der Waals surface area contributed by atoms with Crippen molar-refractivity contribution in [3.05, 3.63) is 24.3 Å². The SMILES string of the molecule is CCCCCCCCC/C=C\CCCCCCCC(=O)OCCCC/C=C\CCCCCCC(=O)NC(CO)C(O)CCCCCCCCCCCCCCCCC. The van der Waals surface area contributed by atoms with Gasteiger partial charge in [-0.2, -0.15) is 0 Å². The Balaban J connectivity index is 3.53. The summed E-state index contributed by atoms with van der Waals surface area (Å²) in [6.07, 6.45) is 55.7. The van der Waals surface area contributed by atoms with Crippen LogP contribution in [0.15, 0.2) is 24.3 Å². The lowest BCUT2D eigenvalue weighted by Gasteiger charge is -2.22. The van der Waals surface area contributed by atoms with Crippen LogP contribution in [0.5, 0.6) is 0 Å². The van der Waals surface area contributed by atoms with E-state index in [1.807, 2.05) is 0 Å². The fourth-order valence-corrected chi connectivity index (χ4v) is 7.74. The minimum absolute atomic E-state index is 0.0438. The first-order chi connectivity index (χ1) is 28.5. The van der Waals surface area contributed by atoms with E-state index in [4.69, 9.17) is 4.74 Å². The van der Waals surface area contributed by atoms with Gasteiger partial charge in [0, 0.05) is 12.8 Å². The quantitative estimate of drug-likeness (QED) is 0.0323. The lowest BCUT2D eigenvalue weighted by atomic mass is 10.0. The van der Waals surface area contributed by atoms with Crippen molar-refractivity contribution < 1.29 is 24.5 Å². The molecule has 0 aliphatic heterocycles. The van der Waals surface area contributed by atoms with Crippen molar-refractivity contribution in [2.24, 2.45) is 0 Å². The Hall–Kier alpha value is -1.66. The normalized spacial score (nSPS) is 12.8. The number of aliphatic hydroxyl groups is 2. The van der Waals surface area contributed by atoms with Gasteiger partial charge in [-0.25, -0.2) is 0 Å². The fourth-order valence-electron chi connectivity index (χ4n) is 7.74. The molecule has 0 spiro atoms. The smallest absolute Gasteiger partial charge is 0.305 e. The van der Waals surface area contributed by atoms with Crippen LogP contribution in [0.25, 0.3) is 0 Å². The Kier molecular flexibility index (Phi) is 46.6. The predicted molar refractivity (Wildman–Crippen MR) is 250 cm³/mol. The van der Waals surface area contributed by atoms with E-state index in [-0.39, 0.29) is 18.5 Å². The zero-order valence-electron chi connectivity index (χ0n) is 38.8. The van der Waals surface area contributed by atoms with E-state index < -0.39 is 12.1 Å². The highest BCUT2D eigenvalue weighted by molar-refractivity contribution is 5.76. The van der Waals surface area contributed by atoms with Crippen LogP contribution in [0.2, 0.25) is 0 Å². The van der Waals surface area contributed by atoms with Crippen LogP contribution in [0.4, 0.5) is 0 Å². The molecule has 58 heavy (non-hydrogen) atoms. The van der Waals surface area contributed by atoms with Gasteiger partial charge in [0.1, 0.15) is 0 Å². The molecule has 2 unspecified atom stereocenters. The number of hydrogen-bond donors (Lipinski definition) is 3. The summed E-state index contributed by atoms with van der Waals surface area (Å²) in [5, 5.41) is 23.2. The molecule has 2 atom stereocenters. The zero-order chi connectivity index (χ0) is 42.3. The summed E-state index contributed by atoms with van der Waals surface area (Å²) in [6, 6.07) is -0.566. The number of carbonyl (C=O) groups excluding carboxylic acids is 2. The maximum atomic E-state index is 12.4. The molecule has 0 heterocycles. The van der Waals surface area contributed by atoms with Crippen molar-refractivity contribution in [1.29, 1.82) is 0 Å². The molecular weight excluding hydrogens is 719 g/mol. The average molecular weight is 818 g/mol. The van der Waals surface area contributed by atoms with Crippen LogP contribution in [-0.2, 0) is 14.3 Å². The van der Waals surface area contributed by atoms with Crippen molar-refractivity contribution in [3.8, 4) is 0 Å². The van der Waals surface area contributed by atoms with Gasteiger partial charge in [0.05, 0.1) is 25.4 Å². The zero-order valence-corrected chi connectivity index (χ0v) is 38.8. The first kappa shape index (κ1) is 56.3. The molecule has 0 aromatic carbocycles. The number of carbonyl (C=O) groups is 2. The third-order valence-corrected chi connectivity index (χ3v) is 11.7. The van der Waals surface area contributed by atoms with Crippen LogP contribution in [0.3, 0.4) is 0 Å². The van der Waals surface area contributed by atoms with Crippen molar-refractivity contribution in [2.45, 2.75) is 283 Å². The summed E-state index contributed by atoms with van der Waals surface area (Å²) in [6.45, 7) is 4.86. The average Bonchev–Trinajstić information content (AvgIpc) is 3.22. The first-order valence-electron chi connectivity index (χ1n) is 25.6. The second kappa shape index (κ2) is 48.0. The molecule has 0 rings (SSSR count). The van der Waals surface area contributed by atoms with Gasteiger partial charge in [-0.15, -0.1) is 0 Å². The summed E-state index contributed by atoms with van der Waals surface area (Å²) in [4.78, 5) is 24.5. The number of ether oxygens (including phenoxy) is 1. The Morgan fingerprint density at radius 2 is 0.810 bits per heavy atom. The standard InChI is InChI=1S/C52H99NO5/c1-3-5-7-9-11-13-15-17-19-21-23-25-30-34-38-42-46-52(57)58-47-43-39-35-31-27-26-29-33-37-41-45-51(56)53-49(48-54)50(55)44-40-36-32-28-24-22-20-18-16-14-12-10-8-6-4-2/h19,21,27,31,49-50,54-55H,3-18,20,22-26,28-30,32-48H2,1-2H3,(H,53,56)/b21-19-,31-27-. The van der Waals surface area contributed by atoms with Gasteiger partial charge >= 0.3 is 5.97 Å². The van der Waals surface area contributed by atoms with Gasteiger partial charge in [0.25, 0.3) is 0 Å². The predicted octanol–water partition coefficient (Wildman–Crippen LogP) is 15.1. The number of esters is 1. The lowest BCUT2D eigenvalue weighted by Crippen LogP contribution is -2.45. The van der Waals surface area contributed by atoms with E-state index in [9.17, 15) is 19.8 Å². The van der Waals surface area contributed by atoms with Gasteiger partial charge in [0.2, 0.25) is 5.91 Å². The van der Waals surface area contributed by atoms with Crippen molar-refractivity contribution in [2.75, 3.05) is 13.2 Å². The number of amides is 1. The van der Waals surface area contributed by atoms with Gasteiger partial charge in [-0.3, -0.25) is 9.59 Å². The third kappa shape index (κ3) is 43.9. The van der Waals surface area contributed by atoms with Crippen LogP contribution < -0.4 is 5.32 Å². The third-order valence-electron chi connectivity index (χ3n) is 11.7. The van der Waals surface area contributed by atoms with E-state index in [1.54, 1.807) is 0 Å². The monoisotopic (exact) mass is 818 g/mol. The van der Waals surface area contributed by atoms with E-state index in [2.05, 4.69) is 43.5 Å². The summed E-state index contributed by atoms with van der Waals surface area (Å²) >= 11 is 0. The highest BCUT2D eigenvalue weighted by Gasteiger charge is 2.20. The maximum absolute atomic E-state index is 12.4.